The molecule has 5 atom stereocenters. The van der Waals surface area contributed by atoms with Gasteiger partial charge in [0.25, 0.3) is 0 Å². The third-order valence-electron chi connectivity index (χ3n) is 2.10. The van der Waals surface area contributed by atoms with Gasteiger partial charge >= 0.3 is 5.97 Å². The fraction of sp³-hybridized carbons (Fsp3) is 0.857. The monoisotopic (exact) mass is 192 g/mol. The molecular formula is C7H12O6. The first kappa shape index (κ1) is 10.4. The van der Waals surface area contributed by atoms with E-state index in [0.717, 1.165) is 0 Å². The van der Waals surface area contributed by atoms with E-state index in [1.54, 1.807) is 0 Å². The Balaban J connectivity index is 2.76. The van der Waals surface area contributed by atoms with Crippen molar-refractivity contribution < 1.29 is 30.0 Å². The first-order chi connectivity index (χ1) is 5.95. The van der Waals surface area contributed by atoms with Gasteiger partial charge in [-0.1, -0.05) is 0 Å². The summed E-state index contributed by atoms with van der Waals surface area (Å²) >= 11 is 0. The van der Waals surface area contributed by atoms with Crippen LogP contribution >= 0.6 is 0 Å². The summed E-state index contributed by atoms with van der Waals surface area (Å²) in [7, 11) is 0. The average Bonchev–Trinajstić information content (AvgIpc) is 2.07. The minimum Gasteiger partial charge on any atom is -0.479 e. The first-order valence-electron chi connectivity index (χ1n) is 3.87. The van der Waals surface area contributed by atoms with Crippen LogP contribution in [-0.2, 0) is 9.53 Å². The Morgan fingerprint density at radius 2 is 1.69 bits per heavy atom. The smallest absolute Gasteiger partial charge is 0.335 e. The number of aliphatic hydroxyl groups excluding tert-OH is 3. The number of carbonyl (C=O) groups is 1. The number of ether oxygens (including phenoxy) is 1. The van der Waals surface area contributed by atoms with Crippen molar-refractivity contribution >= 4 is 5.97 Å². The van der Waals surface area contributed by atoms with Gasteiger partial charge in [-0.25, -0.2) is 4.79 Å². The van der Waals surface area contributed by atoms with E-state index < -0.39 is 36.5 Å². The molecule has 1 saturated heterocycles. The molecule has 0 aromatic carbocycles. The molecule has 1 fully saturated rings. The predicted molar refractivity (Wildman–Crippen MR) is 40.0 cm³/mol. The summed E-state index contributed by atoms with van der Waals surface area (Å²) in [5.41, 5.74) is 0. The zero-order valence-corrected chi connectivity index (χ0v) is 6.99. The fourth-order valence-electron chi connectivity index (χ4n) is 1.26. The molecule has 0 saturated carbocycles. The zero-order valence-electron chi connectivity index (χ0n) is 6.99. The molecule has 1 unspecified atom stereocenters. The molecule has 0 aliphatic carbocycles. The van der Waals surface area contributed by atoms with E-state index in [-0.39, 0.29) is 0 Å². The molecule has 6 nitrogen and oxygen atoms in total. The average molecular weight is 192 g/mol. The normalized spacial score (nSPS) is 46.0. The lowest BCUT2D eigenvalue weighted by atomic mass is 9.96. The topological polar surface area (TPSA) is 107 Å². The van der Waals surface area contributed by atoms with Crippen molar-refractivity contribution in [3.05, 3.63) is 0 Å². The van der Waals surface area contributed by atoms with Gasteiger partial charge in [-0.3, -0.25) is 0 Å². The van der Waals surface area contributed by atoms with Gasteiger partial charge in [-0.05, 0) is 6.92 Å². The minimum absolute atomic E-state index is 0.806. The van der Waals surface area contributed by atoms with Crippen LogP contribution in [-0.4, -0.2) is 56.9 Å². The molecule has 0 radical (unpaired) electrons. The molecule has 13 heavy (non-hydrogen) atoms. The van der Waals surface area contributed by atoms with Gasteiger partial charge in [-0.2, -0.15) is 0 Å². The molecule has 76 valence electrons. The SMILES string of the molecule is C[C@H]1OC(C(=O)O)[C@H](O)[C@@H](O)[C@H]1O. The summed E-state index contributed by atoms with van der Waals surface area (Å²) in [6.45, 7) is 1.43. The highest BCUT2D eigenvalue weighted by atomic mass is 16.6. The molecule has 1 aliphatic rings. The summed E-state index contributed by atoms with van der Waals surface area (Å²) in [6.07, 6.45) is -6.62. The predicted octanol–water partition coefficient (Wildman–Crippen LogP) is -2.06. The molecule has 0 spiro atoms. The molecule has 0 aromatic heterocycles. The van der Waals surface area contributed by atoms with E-state index in [0.29, 0.717) is 0 Å². The van der Waals surface area contributed by atoms with Crippen LogP contribution in [0, 0.1) is 0 Å². The lowest BCUT2D eigenvalue weighted by Crippen LogP contribution is -2.58. The number of hydrogen-bond donors (Lipinski definition) is 4. The van der Waals surface area contributed by atoms with Crippen LogP contribution in [0.3, 0.4) is 0 Å². The van der Waals surface area contributed by atoms with Gasteiger partial charge < -0.3 is 25.2 Å². The Bertz CT molecular complexity index is 205. The van der Waals surface area contributed by atoms with Crippen molar-refractivity contribution in [2.24, 2.45) is 0 Å². The number of hydrogen-bond acceptors (Lipinski definition) is 5. The standard InChI is InChI=1S/C7H12O6/c1-2-3(8)4(9)5(10)6(13-2)7(11)12/h2-6,8-10H,1H3,(H,11,12)/t2-,3+,4+,5-,6?/m1/s1. The van der Waals surface area contributed by atoms with Crippen LogP contribution in [0.25, 0.3) is 0 Å². The summed E-state index contributed by atoms with van der Waals surface area (Å²) < 4.78 is 4.78. The van der Waals surface area contributed by atoms with Crippen molar-refractivity contribution in [2.45, 2.75) is 37.4 Å². The second-order valence-corrected chi connectivity index (χ2v) is 3.07. The summed E-state index contributed by atoms with van der Waals surface area (Å²) in [5.74, 6) is -1.36. The maximum absolute atomic E-state index is 10.5. The maximum Gasteiger partial charge on any atom is 0.335 e. The van der Waals surface area contributed by atoms with Gasteiger partial charge in [0.2, 0.25) is 0 Å². The van der Waals surface area contributed by atoms with E-state index in [1.807, 2.05) is 0 Å². The molecule has 0 amide bonds. The quantitative estimate of drug-likeness (QED) is 0.380. The van der Waals surface area contributed by atoms with Crippen LogP contribution in [0.5, 0.6) is 0 Å². The van der Waals surface area contributed by atoms with Crippen molar-refractivity contribution in [1.82, 2.24) is 0 Å². The highest BCUT2D eigenvalue weighted by Crippen LogP contribution is 2.20. The highest BCUT2D eigenvalue weighted by molar-refractivity contribution is 5.73. The number of aliphatic hydroxyl groups is 3. The van der Waals surface area contributed by atoms with Crippen LogP contribution < -0.4 is 0 Å². The van der Waals surface area contributed by atoms with Gasteiger partial charge in [0.05, 0.1) is 6.10 Å². The second-order valence-electron chi connectivity index (χ2n) is 3.07. The van der Waals surface area contributed by atoms with Crippen LogP contribution in [0.2, 0.25) is 0 Å². The van der Waals surface area contributed by atoms with Crippen LogP contribution in [0.1, 0.15) is 6.92 Å². The number of aliphatic carboxylic acids is 1. The summed E-state index contributed by atoms with van der Waals surface area (Å²) in [4.78, 5) is 10.5. The Morgan fingerprint density at radius 1 is 1.15 bits per heavy atom. The van der Waals surface area contributed by atoms with Gasteiger partial charge in [0.1, 0.15) is 18.3 Å². The Kier molecular flexibility index (Phi) is 2.87. The van der Waals surface area contributed by atoms with E-state index in [9.17, 15) is 20.1 Å². The third kappa shape index (κ3) is 1.80. The van der Waals surface area contributed by atoms with Crippen molar-refractivity contribution in [2.75, 3.05) is 0 Å². The minimum atomic E-state index is -1.59. The van der Waals surface area contributed by atoms with E-state index in [2.05, 4.69) is 0 Å². The van der Waals surface area contributed by atoms with Crippen molar-refractivity contribution in [3.63, 3.8) is 0 Å². The molecular weight excluding hydrogens is 180 g/mol. The van der Waals surface area contributed by atoms with Gasteiger partial charge in [0, 0.05) is 0 Å². The van der Waals surface area contributed by atoms with Crippen LogP contribution in [0.4, 0.5) is 0 Å². The number of carboxylic acid groups (broad SMARTS) is 1. The molecule has 6 heteroatoms. The fourth-order valence-corrected chi connectivity index (χ4v) is 1.26. The molecule has 1 rings (SSSR count). The zero-order chi connectivity index (χ0) is 10.2. The Labute approximate surface area is 74.4 Å². The Hall–Kier alpha value is -0.690. The molecule has 1 heterocycles. The summed E-state index contributed by atoms with van der Waals surface area (Å²) in [5, 5.41) is 36.1. The van der Waals surface area contributed by atoms with Crippen molar-refractivity contribution in [1.29, 1.82) is 0 Å². The lowest BCUT2D eigenvalue weighted by molar-refractivity contribution is -0.223. The summed E-state index contributed by atoms with van der Waals surface area (Å²) in [6, 6.07) is 0. The second kappa shape index (κ2) is 3.59. The number of carboxylic acids is 1. The van der Waals surface area contributed by atoms with E-state index >= 15 is 0 Å². The molecule has 0 bridgehead atoms. The maximum atomic E-state index is 10.5. The van der Waals surface area contributed by atoms with Crippen molar-refractivity contribution in [3.8, 4) is 0 Å². The highest BCUT2D eigenvalue weighted by Gasteiger charge is 2.44. The number of rotatable bonds is 1. The lowest BCUT2D eigenvalue weighted by Gasteiger charge is -2.37. The molecule has 0 aromatic rings. The van der Waals surface area contributed by atoms with E-state index in [4.69, 9.17) is 9.84 Å². The molecule has 1 aliphatic heterocycles. The third-order valence-corrected chi connectivity index (χ3v) is 2.10. The molecule has 4 N–H and O–H groups in total. The van der Waals surface area contributed by atoms with Gasteiger partial charge in [0.15, 0.2) is 6.10 Å². The Morgan fingerprint density at radius 3 is 2.15 bits per heavy atom. The first-order valence-corrected chi connectivity index (χ1v) is 3.87. The van der Waals surface area contributed by atoms with Crippen LogP contribution in [0.15, 0.2) is 0 Å². The largest absolute Gasteiger partial charge is 0.479 e. The van der Waals surface area contributed by atoms with E-state index in [1.165, 1.54) is 6.92 Å². The van der Waals surface area contributed by atoms with Gasteiger partial charge in [-0.15, -0.1) is 0 Å².